The Morgan fingerprint density at radius 1 is 1.40 bits per heavy atom. The van der Waals surface area contributed by atoms with Gasteiger partial charge < -0.3 is 10.2 Å². The second kappa shape index (κ2) is 6.39. The Morgan fingerprint density at radius 3 is 2.65 bits per heavy atom. The first-order chi connectivity index (χ1) is 9.58. The minimum Gasteiger partial charge on any atom is -0.338 e. The van der Waals surface area contributed by atoms with E-state index in [4.69, 9.17) is 0 Å². The maximum absolute atomic E-state index is 12.4. The molecule has 0 unspecified atom stereocenters. The van der Waals surface area contributed by atoms with Crippen molar-refractivity contribution < 1.29 is 4.79 Å². The number of nitrogens with zero attached hydrogens (tertiary/aromatic N) is 3. The van der Waals surface area contributed by atoms with E-state index in [-0.39, 0.29) is 5.91 Å². The smallest absolute Gasteiger partial charge is 0.244 e. The van der Waals surface area contributed by atoms with Crippen LogP contribution in [0.25, 0.3) is 0 Å². The minimum atomic E-state index is 0.190. The standard InChI is InChI=1S/C15H26N4O/c1-5-16-9-14-11(3)17-19(12(14)4)10-15(20)18(6-2)13-7-8-13/h13,16H,5-10H2,1-4H3. The quantitative estimate of drug-likeness (QED) is 0.824. The molecule has 0 aliphatic heterocycles. The van der Waals surface area contributed by atoms with Crippen molar-refractivity contribution in [2.75, 3.05) is 13.1 Å². The number of aryl methyl sites for hydroxylation is 1. The molecule has 5 nitrogen and oxygen atoms in total. The number of amides is 1. The number of carbonyl (C=O) groups is 1. The van der Waals surface area contributed by atoms with Gasteiger partial charge in [-0.25, -0.2) is 0 Å². The first kappa shape index (κ1) is 15.0. The largest absolute Gasteiger partial charge is 0.338 e. The molecule has 112 valence electrons. The van der Waals surface area contributed by atoms with Gasteiger partial charge in [0.2, 0.25) is 5.91 Å². The summed E-state index contributed by atoms with van der Waals surface area (Å²) in [7, 11) is 0. The fourth-order valence-corrected chi connectivity index (χ4v) is 2.64. The lowest BCUT2D eigenvalue weighted by Crippen LogP contribution is -2.36. The summed E-state index contributed by atoms with van der Waals surface area (Å²) < 4.78 is 1.86. The Labute approximate surface area is 121 Å². The maximum atomic E-state index is 12.4. The van der Waals surface area contributed by atoms with Gasteiger partial charge in [-0.15, -0.1) is 0 Å². The zero-order valence-electron chi connectivity index (χ0n) is 13.1. The molecule has 1 aliphatic carbocycles. The molecule has 0 atom stereocenters. The van der Waals surface area contributed by atoms with Crippen molar-refractivity contribution >= 4 is 5.91 Å². The van der Waals surface area contributed by atoms with Gasteiger partial charge in [-0.1, -0.05) is 6.92 Å². The predicted molar refractivity (Wildman–Crippen MR) is 79.5 cm³/mol. The molecule has 1 fully saturated rings. The number of carbonyl (C=O) groups excluding carboxylic acids is 1. The monoisotopic (exact) mass is 278 g/mol. The molecule has 5 heteroatoms. The van der Waals surface area contributed by atoms with Crippen LogP contribution in [0.3, 0.4) is 0 Å². The molecule has 1 N–H and O–H groups in total. The van der Waals surface area contributed by atoms with Crippen LogP contribution in [0.1, 0.15) is 43.6 Å². The number of aromatic nitrogens is 2. The van der Waals surface area contributed by atoms with Gasteiger partial charge in [0, 0.05) is 30.4 Å². The molecule has 1 saturated carbocycles. The fourth-order valence-electron chi connectivity index (χ4n) is 2.64. The van der Waals surface area contributed by atoms with E-state index in [1.54, 1.807) is 0 Å². The van der Waals surface area contributed by atoms with Crippen LogP contribution in [0.5, 0.6) is 0 Å². The Kier molecular flexibility index (Phi) is 4.81. The van der Waals surface area contributed by atoms with Crippen LogP contribution in [0, 0.1) is 13.8 Å². The molecule has 0 bridgehead atoms. The van der Waals surface area contributed by atoms with Gasteiger partial charge in [-0.05, 0) is 40.2 Å². The van der Waals surface area contributed by atoms with Crippen LogP contribution in [0.4, 0.5) is 0 Å². The summed E-state index contributed by atoms with van der Waals surface area (Å²) in [6, 6.07) is 0.477. The molecule has 2 rings (SSSR count). The molecule has 1 heterocycles. The van der Waals surface area contributed by atoms with Crippen molar-refractivity contribution in [2.24, 2.45) is 0 Å². The summed E-state index contributed by atoms with van der Waals surface area (Å²) in [5, 5.41) is 7.86. The van der Waals surface area contributed by atoms with Crippen LogP contribution in [0.2, 0.25) is 0 Å². The number of nitrogens with one attached hydrogen (secondary N) is 1. The molecule has 20 heavy (non-hydrogen) atoms. The molecule has 0 spiro atoms. The highest BCUT2D eigenvalue weighted by molar-refractivity contribution is 5.76. The molecular formula is C15H26N4O. The molecule has 1 aromatic heterocycles. The Morgan fingerprint density at radius 2 is 2.10 bits per heavy atom. The third-order valence-corrected chi connectivity index (χ3v) is 4.02. The summed E-state index contributed by atoms with van der Waals surface area (Å²) in [5.74, 6) is 0.190. The highest BCUT2D eigenvalue weighted by Gasteiger charge is 2.31. The summed E-state index contributed by atoms with van der Waals surface area (Å²) in [5.41, 5.74) is 3.34. The highest BCUT2D eigenvalue weighted by atomic mass is 16.2. The molecule has 1 aromatic rings. The second-order valence-corrected chi connectivity index (χ2v) is 5.50. The van der Waals surface area contributed by atoms with Crippen LogP contribution < -0.4 is 5.32 Å². The van der Waals surface area contributed by atoms with E-state index in [0.29, 0.717) is 12.6 Å². The van der Waals surface area contributed by atoms with Crippen LogP contribution in [-0.4, -0.2) is 39.7 Å². The number of hydrogen-bond acceptors (Lipinski definition) is 3. The number of rotatable bonds is 7. The minimum absolute atomic E-state index is 0.190. The SMILES string of the molecule is CCNCc1c(C)nn(CC(=O)N(CC)C2CC2)c1C. The lowest BCUT2D eigenvalue weighted by Gasteiger charge is -2.20. The van der Waals surface area contributed by atoms with Gasteiger partial charge in [0.25, 0.3) is 0 Å². The summed E-state index contributed by atoms with van der Waals surface area (Å²) in [6.07, 6.45) is 2.31. The maximum Gasteiger partial charge on any atom is 0.244 e. The van der Waals surface area contributed by atoms with Crippen LogP contribution >= 0.6 is 0 Å². The van der Waals surface area contributed by atoms with Crippen molar-refractivity contribution in [2.45, 2.75) is 59.7 Å². The molecule has 1 aliphatic rings. The fraction of sp³-hybridized carbons (Fsp3) is 0.733. The van der Waals surface area contributed by atoms with Gasteiger partial charge in [-0.3, -0.25) is 9.48 Å². The van der Waals surface area contributed by atoms with Gasteiger partial charge in [0.1, 0.15) is 6.54 Å². The lowest BCUT2D eigenvalue weighted by molar-refractivity contribution is -0.132. The summed E-state index contributed by atoms with van der Waals surface area (Å²) >= 11 is 0. The number of likely N-dealkylation sites (N-methyl/N-ethyl adjacent to an activating group) is 1. The van der Waals surface area contributed by atoms with Crippen molar-refractivity contribution in [1.82, 2.24) is 20.0 Å². The van der Waals surface area contributed by atoms with Gasteiger partial charge in [0.05, 0.1) is 5.69 Å². The van der Waals surface area contributed by atoms with Crippen LogP contribution in [0.15, 0.2) is 0 Å². The summed E-state index contributed by atoms with van der Waals surface area (Å²) in [6.45, 7) is 11.1. The average molecular weight is 278 g/mol. The van der Waals surface area contributed by atoms with Crippen molar-refractivity contribution in [1.29, 1.82) is 0 Å². The predicted octanol–water partition coefficient (Wildman–Crippen LogP) is 1.62. The van der Waals surface area contributed by atoms with Crippen molar-refractivity contribution in [3.8, 4) is 0 Å². The van der Waals surface area contributed by atoms with E-state index in [1.165, 1.54) is 5.56 Å². The molecule has 0 radical (unpaired) electrons. The normalized spacial score (nSPS) is 14.6. The average Bonchev–Trinajstić information content (AvgIpc) is 3.19. The molecule has 0 saturated heterocycles. The van der Waals surface area contributed by atoms with Gasteiger partial charge in [-0.2, -0.15) is 5.10 Å². The van der Waals surface area contributed by atoms with E-state index in [2.05, 4.69) is 17.3 Å². The van der Waals surface area contributed by atoms with Gasteiger partial charge >= 0.3 is 0 Å². The topological polar surface area (TPSA) is 50.2 Å². The molecule has 0 aromatic carbocycles. The van der Waals surface area contributed by atoms with E-state index in [9.17, 15) is 4.79 Å². The third-order valence-electron chi connectivity index (χ3n) is 4.02. The first-order valence-corrected chi connectivity index (χ1v) is 7.61. The highest BCUT2D eigenvalue weighted by Crippen LogP contribution is 2.26. The molecule has 1 amide bonds. The Balaban J connectivity index is 2.07. The third kappa shape index (κ3) is 3.20. The first-order valence-electron chi connectivity index (χ1n) is 7.61. The van der Waals surface area contributed by atoms with Gasteiger partial charge in [0.15, 0.2) is 0 Å². The second-order valence-electron chi connectivity index (χ2n) is 5.50. The van der Waals surface area contributed by atoms with Crippen molar-refractivity contribution in [3.05, 3.63) is 17.0 Å². The van der Waals surface area contributed by atoms with E-state index in [1.807, 2.05) is 30.4 Å². The Hall–Kier alpha value is -1.36. The summed E-state index contributed by atoms with van der Waals surface area (Å²) in [4.78, 5) is 14.3. The number of hydrogen-bond donors (Lipinski definition) is 1. The van der Waals surface area contributed by atoms with Crippen LogP contribution in [-0.2, 0) is 17.9 Å². The Bertz CT molecular complexity index is 476. The zero-order chi connectivity index (χ0) is 14.7. The van der Waals surface area contributed by atoms with Crippen molar-refractivity contribution in [3.63, 3.8) is 0 Å². The lowest BCUT2D eigenvalue weighted by atomic mass is 10.2. The zero-order valence-corrected chi connectivity index (χ0v) is 13.1. The molecular weight excluding hydrogens is 252 g/mol. The van der Waals surface area contributed by atoms with E-state index in [0.717, 1.165) is 43.9 Å². The van der Waals surface area contributed by atoms with E-state index < -0.39 is 0 Å². The van der Waals surface area contributed by atoms with E-state index >= 15 is 0 Å².